The van der Waals surface area contributed by atoms with E-state index in [0.29, 0.717) is 38.3 Å². The van der Waals surface area contributed by atoms with Gasteiger partial charge in [-0.15, -0.1) is 0 Å². The molecule has 0 unspecified atom stereocenters. The van der Waals surface area contributed by atoms with Crippen LogP contribution in [0.3, 0.4) is 0 Å². The first-order valence-electron chi connectivity index (χ1n) is 9.70. The van der Waals surface area contributed by atoms with Crippen LogP contribution in [-0.2, 0) is 0 Å². The molecule has 1 saturated carbocycles. The standard InChI is InChI=1S/C20H29N3O3.H2/c21-20(25)23-12-10-22(11-13-23)19(24)17-7-4-8-18(15-17)26-14-9-16-5-2-1-3-6-16;/h4,7-8,15-16H,1-3,5-6,9-14H2,(H2,21,25);1H. The zero-order valence-corrected chi connectivity index (χ0v) is 15.4. The lowest BCUT2D eigenvalue weighted by Gasteiger charge is -2.33. The first-order chi connectivity index (χ1) is 12.6. The molecule has 1 aromatic carbocycles. The number of ether oxygens (including phenoxy) is 1. The molecule has 0 aromatic heterocycles. The Labute approximate surface area is 156 Å². The zero-order chi connectivity index (χ0) is 18.4. The van der Waals surface area contributed by atoms with Crippen LogP contribution in [0.1, 0.15) is 50.3 Å². The quantitative estimate of drug-likeness (QED) is 0.875. The van der Waals surface area contributed by atoms with Crippen molar-refractivity contribution in [2.24, 2.45) is 11.7 Å². The van der Waals surface area contributed by atoms with Crippen molar-refractivity contribution >= 4 is 11.9 Å². The Bertz CT molecular complexity index is 627. The van der Waals surface area contributed by atoms with Crippen LogP contribution in [0.4, 0.5) is 4.79 Å². The van der Waals surface area contributed by atoms with Gasteiger partial charge in [-0.1, -0.05) is 38.2 Å². The number of rotatable bonds is 5. The van der Waals surface area contributed by atoms with Crippen molar-refractivity contribution in [3.63, 3.8) is 0 Å². The number of hydrogen-bond donors (Lipinski definition) is 1. The molecule has 26 heavy (non-hydrogen) atoms. The minimum absolute atomic E-state index is 0. The molecule has 0 bridgehead atoms. The summed E-state index contributed by atoms with van der Waals surface area (Å²) in [4.78, 5) is 27.2. The van der Waals surface area contributed by atoms with Crippen molar-refractivity contribution < 1.29 is 15.8 Å². The molecule has 2 N–H and O–H groups in total. The van der Waals surface area contributed by atoms with E-state index in [1.165, 1.54) is 32.1 Å². The van der Waals surface area contributed by atoms with Gasteiger partial charge in [-0.05, 0) is 30.5 Å². The van der Waals surface area contributed by atoms with Crippen LogP contribution in [0.15, 0.2) is 24.3 Å². The van der Waals surface area contributed by atoms with Crippen LogP contribution >= 0.6 is 0 Å². The van der Waals surface area contributed by atoms with E-state index in [1.807, 2.05) is 24.3 Å². The Balaban J connectivity index is 0.00000261. The van der Waals surface area contributed by atoms with Crippen molar-refractivity contribution in [3.8, 4) is 5.75 Å². The van der Waals surface area contributed by atoms with Crippen molar-refractivity contribution in [1.29, 1.82) is 0 Å². The number of piperazine rings is 1. The molecule has 6 heteroatoms. The van der Waals surface area contributed by atoms with Gasteiger partial charge in [-0.25, -0.2) is 4.79 Å². The van der Waals surface area contributed by atoms with E-state index in [2.05, 4.69) is 0 Å². The number of amides is 3. The van der Waals surface area contributed by atoms with E-state index >= 15 is 0 Å². The molecular weight excluding hydrogens is 330 g/mol. The van der Waals surface area contributed by atoms with Crippen molar-refractivity contribution in [3.05, 3.63) is 29.8 Å². The summed E-state index contributed by atoms with van der Waals surface area (Å²) >= 11 is 0. The molecule has 1 aliphatic carbocycles. The molecule has 6 nitrogen and oxygen atoms in total. The highest BCUT2D eigenvalue weighted by Crippen LogP contribution is 2.26. The topological polar surface area (TPSA) is 75.9 Å². The second kappa shape index (κ2) is 8.92. The molecule has 144 valence electrons. The highest BCUT2D eigenvalue weighted by molar-refractivity contribution is 5.94. The first kappa shape index (κ1) is 18.5. The monoisotopic (exact) mass is 361 g/mol. The third-order valence-electron chi connectivity index (χ3n) is 5.48. The van der Waals surface area contributed by atoms with Crippen molar-refractivity contribution in [2.45, 2.75) is 38.5 Å². The van der Waals surface area contributed by atoms with Crippen molar-refractivity contribution in [2.75, 3.05) is 32.8 Å². The minimum Gasteiger partial charge on any atom is -0.494 e. The molecule has 1 aromatic rings. The first-order valence-corrected chi connectivity index (χ1v) is 9.70. The number of carbonyl (C=O) groups is 2. The third kappa shape index (κ3) is 4.90. The molecule has 1 saturated heterocycles. The minimum atomic E-state index is -0.425. The van der Waals surface area contributed by atoms with E-state index in [4.69, 9.17) is 10.5 Å². The maximum atomic E-state index is 12.7. The second-order valence-corrected chi connectivity index (χ2v) is 7.29. The number of hydrogen-bond acceptors (Lipinski definition) is 3. The number of nitrogens with two attached hydrogens (primary N) is 1. The summed E-state index contributed by atoms with van der Waals surface area (Å²) in [5, 5.41) is 0. The van der Waals surface area contributed by atoms with Gasteiger partial charge in [0.1, 0.15) is 5.75 Å². The second-order valence-electron chi connectivity index (χ2n) is 7.29. The van der Waals surface area contributed by atoms with Gasteiger partial charge < -0.3 is 20.3 Å². The van der Waals surface area contributed by atoms with Crippen LogP contribution in [0.2, 0.25) is 0 Å². The van der Waals surface area contributed by atoms with Crippen LogP contribution in [0.5, 0.6) is 5.75 Å². The van der Waals surface area contributed by atoms with Gasteiger partial charge in [0.15, 0.2) is 0 Å². The third-order valence-corrected chi connectivity index (χ3v) is 5.48. The Morgan fingerprint density at radius 2 is 1.77 bits per heavy atom. The summed E-state index contributed by atoms with van der Waals surface area (Å²) in [7, 11) is 0. The fraction of sp³-hybridized carbons (Fsp3) is 0.600. The summed E-state index contributed by atoms with van der Waals surface area (Å²) in [5.74, 6) is 1.52. The van der Waals surface area contributed by atoms with Gasteiger partial charge in [0.05, 0.1) is 6.61 Å². The number of benzene rings is 1. The normalized spacial score (nSPS) is 18.6. The highest BCUT2D eigenvalue weighted by Gasteiger charge is 2.23. The smallest absolute Gasteiger partial charge is 0.314 e. The predicted molar refractivity (Wildman–Crippen MR) is 102 cm³/mol. The van der Waals surface area contributed by atoms with Crippen LogP contribution < -0.4 is 10.5 Å². The Morgan fingerprint density at radius 3 is 2.46 bits per heavy atom. The fourth-order valence-electron chi connectivity index (χ4n) is 3.85. The van der Waals surface area contributed by atoms with Gasteiger partial charge in [-0.3, -0.25) is 4.79 Å². The van der Waals surface area contributed by atoms with E-state index in [0.717, 1.165) is 18.1 Å². The Kier molecular flexibility index (Phi) is 6.36. The molecular formula is C20H31N3O3. The van der Waals surface area contributed by atoms with E-state index < -0.39 is 6.03 Å². The maximum absolute atomic E-state index is 12.7. The lowest BCUT2D eigenvalue weighted by Crippen LogP contribution is -2.52. The van der Waals surface area contributed by atoms with Crippen molar-refractivity contribution in [1.82, 2.24) is 9.80 Å². The van der Waals surface area contributed by atoms with Gasteiger partial charge in [0, 0.05) is 33.2 Å². The SMILES string of the molecule is NC(=O)N1CCN(C(=O)c2cccc(OCCC3CCCCC3)c2)CC1.[HH]. The number of carbonyl (C=O) groups excluding carboxylic acids is 2. The van der Waals surface area contributed by atoms with E-state index in [9.17, 15) is 9.59 Å². The van der Waals surface area contributed by atoms with Gasteiger partial charge >= 0.3 is 6.03 Å². The summed E-state index contributed by atoms with van der Waals surface area (Å²) < 4.78 is 5.90. The van der Waals surface area contributed by atoms with E-state index in [1.54, 1.807) is 9.80 Å². The molecule has 3 rings (SSSR count). The molecule has 1 heterocycles. The average Bonchev–Trinajstić information content (AvgIpc) is 2.68. The summed E-state index contributed by atoms with van der Waals surface area (Å²) in [6.07, 6.45) is 7.79. The number of primary amides is 1. The summed E-state index contributed by atoms with van der Waals surface area (Å²) in [5.41, 5.74) is 5.92. The number of nitrogens with zero attached hydrogens (tertiary/aromatic N) is 2. The Hall–Kier alpha value is -2.24. The van der Waals surface area contributed by atoms with Gasteiger partial charge in [-0.2, -0.15) is 0 Å². The molecule has 2 aliphatic rings. The van der Waals surface area contributed by atoms with E-state index in [-0.39, 0.29) is 7.33 Å². The molecule has 3 amide bonds. The largest absolute Gasteiger partial charge is 0.494 e. The maximum Gasteiger partial charge on any atom is 0.314 e. The number of urea groups is 1. The van der Waals surface area contributed by atoms with Crippen LogP contribution in [0.25, 0.3) is 0 Å². The molecule has 0 atom stereocenters. The van der Waals surface area contributed by atoms with Gasteiger partial charge in [0.2, 0.25) is 0 Å². The average molecular weight is 361 g/mol. The fourth-order valence-corrected chi connectivity index (χ4v) is 3.85. The summed E-state index contributed by atoms with van der Waals surface area (Å²) in [6, 6.07) is 6.98. The van der Waals surface area contributed by atoms with Gasteiger partial charge in [0.25, 0.3) is 5.91 Å². The molecule has 1 aliphatic heterocycles. The highest BCUT2D eigenvalue weighted by atomic mass is 16.5. The lowest BCUT2D eigenvalue weighted by atomic mass is 9.87. The lowest BCUT2D eigenvalue weighted by molar-refractivity contribution is 0.0669. The van der Waals surface area contributed by atoms with Crippen LogP contribution in [0, 0.1) is 5.92 Å². The predicted octanol–water partition coefficient (Wildman–Crippen LogP) is 3.12. The van der Waals surface area contributed by atoms with Crippen LogP contribution in [-0.4, -0.2) is 54.5 Å². The summed E-state index contributed by atoms with van der Waals surface area (Å²) in [6.45, 7) is 2.69. The zero-order valence-electron chi connectivity index (χ0n) is 15.4. The molecule has 0 spiro atoms. The molecule has 2 fully saturated rings. The molecule has 0 radical (unpaired) electrons. The Morgan fingerprint density at radius 1 is 1.08 bits per heavy atom.